The van der Waals surface area contributed by atoms with Gasteiger partial charge in [0.2, 0.25) is 11.8 Å². The average molecular weight is 443 g/mol. The molecular weight excluding hydrogens is 419 g/mol. The first-order valence-electron chi connectivity index (χ1n) is 9.82. The van der Waals surface area contributed by atoms with Crippen LogP contribution in [0, 0.1) is 0 Å². The summed E-state index contributed by atoms with van der Waals surface area (Å²) in [6.07, 6.45) is 6.64. The van der Waals surface area contributed by atoms with E-state index >= 15 is 0 Å². The molecule has 0 saturated carbocycles. The smallest absolute Gasteiger partial charge is 0.246 e. The lowest BCUT2D eigenvalue weighted by molar-refractivity contribution is -0.139. The fourth-order valence-electron chi connectivity index (χ4n) is 3.49. The fraction of sp³-hybridized carbons (Fsp3) is 0.250. The summed E-state index contributed by atoms with van der Waals surface area (Å²) in [5.74, 6) is -0.146. The first-order chi connectivity index (χ1) is 14.3. The van der Waals surface area contributed by atoms with E-state index < -0.39 is 0 Å². The highest BCUT2D eigenvalue weighted by Gasteiger charge is 2.32. The Labute approximate surface area is 187 Å². The van der Waals surface area contributed by atoms with Crippen molar-refractivity contribution in [1.29, 1.82) is 0 Å². The van der Waals surface area contributed by atoms with Crippen LogP contribution in [0.3, 0.4) is 0 Å². The molecule has 0 aromatic heterocycles. The van der Waals surface area contributed by atoms with E-state index in [0.717, 1.165) is 11.1 Å². The number of carbonyl (C=O) groups is 2. The van der Waals surface area contributed by atoms with Crippen LogP contribution in [0.1, 0.15) is 25.0 Å². The highest BCUT2D eigenvalue weighted by atomic mass is 35.5. The van der Waals surface area contributed by atoms with E-state index in [0.29, 0.717) is 23.1 Å². The number of benzene rings is 2. The second kappa shape index (κ2) is 9.96. The molecule has 2 amide bonds. The minimum absolute atomic E-state index is 0.0732. The predicted octanol–water partition coefficient (Wildman–Crippen LogP) is 5.17. The Bertz CT molecular complexity index is 907. The van der Waals surface area contributed by atoms with Gasteiger partial charge in [-0.15, -0.1) is 0 Å². The number of halogens is 2. The van der Waals surface area contributed by atoms with E-state index in [-0.39, 0.29) is 23.9 Å². The van der Waals surface area contributed by atoms with E-state index in [1.807, 2.05) is 38.1 Å². The largest absolute Gasteiger partial charge is 0.333 e. The molecule has 4 nitrogen and oxygen atoms in total. The predicted molar refractivity (Wildman–Crippen MR) is 123 cm³/mol. The Balaban J connectivity index is 1.63. The van der Waals surface area contributed by atoms with Crippen LogP contribution >= 0.6 is 23.2 Å². The van der Waals surface area contributed by atoms with Gasteiger partial charge in [0, 0.05) is 47.4 Å². The zero-order valence-electron chi connectivity index (χ0n) is 17.0. The summed E-state index contributed by atoms with van der Waals surface area (Å²) in [5.41, 5.74) is 1.74. The van der Waals surface area contributed by atoms with Crippen LogP contribution < -0.4 is 0 Å². The molecule has 0 spiro atoms. The Hall–Kier alpha value is -2.56. The van der Waals surface area contributed by atoms with Gasteiger partial charge >= 0.3 is 0 Å². The molecule has 1 aliphatic rings. The second-order valence-corrected chi connectivity index (χ2v) is 8.33. The third kappa shape index (κ3) is 5.74. The summed E-state index contributed by atoms with van der Waals surface area (Å²) in [6, 6.07) is 14.5. The van der Waals surface area contributed by atoms with Gasteiger partial charge in [-0.2, -0.15) is 0 Å². The summed E-state index contributed by atoms with van der Waals surface area (Å²) in [7, 11) is 0. The summed E-state index contributed by atoms with van der Waals surface area (Å²) in [6.45, 7) is 4.88. The van der Waals surface area contributed by atoms with Crippen LogP contribution in [0.4, 0.5) is 0 Å². The van der Waals surface area contributed by atoms with Gasteiger partial charge in [0.05, 0.1) is 0 Å². The maximum atomic E-state index is 12.7. The Morgan fingerprint density at radius 3 is 1.57 bits per heavy atom. The molecule has 2 atom stereocenters. The highest BCUT2D eigenvalue weighted by molar-refractivity contribution is 6.31. The van der Waals surface area contributed by atoms with Gasteiger partial charge in [-0.3, -0.25) is 9.59 Å². The van der Waals surface area contributed by atoms with E-state index in [1.165, 1.54) is 0 Å². The normalized spacial score (nSPS) is 19.6. The van der Waals surface area contributed by atoms with Gasteiger partial charge in [0.1, 0.15) is 0 Å². The first-order valence-corrected chi connectivity index (χ1v) is 10.6. The quantitative estimate of drug-likeness (QED) is 0.612. The van der Waals surface area contributed by atoms with Gasteiger partial charge < -0.3 is 9.80 Å². The molecule has 1 aliphatic heterocycles. The van der Waals surface area contributed by atoms with Crippen molar-refractivity contribution in [2.75, 3.05) is 13.1 Å². The van der Waals surface area contributed by atoms with Gasteiger partial charge in [-0.05, 0) is 61.4 Å². The third-order valence-electron chi connectivity index (χ3n) is 5.09. The summed E-state index contributed by atoms with van der Waals surface area (Å²) >= 11 is 12.0. The lowest BCUT2D eigenvalue weighted by Gasteiger charge is -2.43. The second-order valence-electron chi connectivity index (χ2n) is 7.46. The van der Waals surface area contributed by atoms with Gasteiger partial charge in [-0.1, -0.05) is 47.5 Å². The molecule has 0 bridgehead atoms. The van der Waals surface area contributed by atoms with Crippen molar-refractivity contribution in [3.8, 4) is 0 Å². The van der Waals surface area contributed by atoms with Crippen molar-refractivity contribution in [1.82, 2.24) is 9.80 Å². The van der Waals surface area contributed by atoms with Crippen LogP contribution in [-0.2, 0) is 9.59 Å². The first kappa shape index (κ1) is 22.1. The molecule has 156 valence electrons. The standard InChI is InChI=1S/C24H24Cl2N2O2/c1-17-15-28(24(30)12-10-20-6-4-8-22(26)14-20)18(2)16-27(17)23(29)11-9-19-5-3-7-21(25)13-19/h3-14,17-18H,15-16H2,1-2H3/b11-9+,12-10+. The molecule has 1 heterocycles. The molecule has 2 aromatic carbocycles. The van der Waals surface area contributed by atoms with E-state index in [4.69, 9.17) is 23.2 Å². The molecule has 3 rings (SSSR count). The van der Waals surface area contributed by atoms with E-state index in [2.05, 4.69) is 0 Å². The molecule has 2 aromatic rings. The van der Waals surface area contributed by atoms with Crippen molar-refractivity contribution in [2.45, 2.75) is 25.9 Å². The average Bonchev–Trinajstić information content (AvgIpc) is 2.71. The van der Waals surface area contributed by atoms with Gasteiger partial charge in [0.15, 0.2) is 0 Å². The molecule has 1 saturated heterocycles. The van der Waals surface area contributed by atoms with Crippen molar-refractivity contribution < 1.29 is 9.59 Å². The minimum Gasteiger partial charge on any atom is -0.333 e. The molecular formula is C24H24Cl2N2O2. The van der Waals surface area contributed by atoms with Crippen molar-refractivity contribution in [3.05, 3.63) is 81.9 Å². The Morgan fingerprint density at radius 1 is 0.800 bits per heavy atom. The third-order valence-corrected chi connectivity index (χ3v) is 5.56. The maximum Gasteiger partial charge on any atom is 0.246 e. The number of rotatable bonds is 4. The van der Waals surface area contributed by atoms with Crippen molar-refractivity contribution in [3.63, 3.8) is 0 Å². The zero-order valence-corrected chi connectivity index (χ0v) is 18.5. The summed E-state index contributed by atoms with van der Waals surface area (Å²) in [5, 5.41) is 1.26. The van der Waals surface area contributed by atoms with E-state index in [1.54, 1.807) is 58.4 Å². The number of carbonyl (C=O) groups excluding carboxylic acids is 2. The molecule has 2 unspecified atom stereocenters. The number of piperazine rings is 1. The van der Waals surface area contributed by atoms with Gasteiger partial charge in [0.25, 0.3) is 0 Å². The van der Waals surface area contributed by atoms with Crippen molar-refractivity contribution >= 4 is 47.2 Å². The molecule has 0 N–H and O–H groups in total. The van der Waals surface area contributed by atoms with Crippen molar-refractivity contribution in [2.24, 2.45) is 0 Å². The number of hydrogen-bond acceptors (Lipinski definition) is 2. The van der Waals surface area contributed by atoms with Crippen LogP contribution in [0.2, 0.25) is 10.0 Å². The SMILES string of the molecule is CC1CN(C(=O)/C=C/c2cccc(Cl)c2)C(C)CN1C(=O)/C=C/c1cccc(Cl)c1. The maximum absolute atomic E-state index is 12.7. The lowest BCUT2D eigenvalue weighted by atomic mass is 10.1. The number of amides is 2. The van der Waals surface area contributed by atoms with Crippen LogP contribution in [-0.4, -0.2) is 46.8 Å². The van der Waals surface area contributed by atoms with Gasteiger partial charge in [-0.25, -0.2) is 0 Å². The molecule has 6 heteroatoms. The highest BCUT2D eigenvalue weighted by Crippen LogP contribution is 2.18. The molecule has 1 fully saturated rings. The minimum atomic E-state index is -0.0822. The van der Waals surface area contributed by atoms with E-state index in [9.17, 15) is 9.59 Å². The Morgan fingerprint density at radius 2 is 1.20 bits per heavy atom. The number of hydrogen-bond donors (Lipinski definition) is 0. The summed E-state index contributed by atoms with van der Waals surface area (Å²) < 4.78 is 0. The summed E-state index contributed by atoms with van der Waals surface area (Å²) in [4.78, 5) is 29.0. The molecule has 0 aliphatic carbocycles. The Kier molecular flexibility index (Phi) is 7.35. The van der Waals surface area contributed by atoms with Crippen LogP contribution in [0.25, 0.3) is 12.2 Å². The fourth-order valence-corrected chi connectivity index (χ4v) is 3.89. The molecule has 30 heavy (non-hydrogen) atoms. The monoisotopic (exact) mass is 442 g/mol. The van der Waals surface area contributed by atoms with Crippen LogP contribution in [0.5, 0.6) is 0 Å². The van der Waals surface area contributed by atoms with Crippen LogP contribution in [0.15, 0.2) is 60.7 Å². The zero-order chi connectivity index (χ0) is 21.7. The number of nitrogens with zero attached hydrogens (tertiary/aromatic N) is 2. The topological polar surface area (TPSA) is 40.6 Å². The lowest BCUT2D eigenvalue weighted by Crippen LogP contribution is -2.59. The molecule has 0 radical (unpaired) electrons.